The van der Waals surface area contributed by atoms with E-state index in [-0.39, 0.29) is 0 Å². The molecule has 4 heteroatoms. The van der Waals surface area contributed by atoms with Gasteiger partial charge in [-0.25, -0.2) is 0 Å². The minimum atomic E-state index is -0.565. The molecule has 0 bridgehead atoms. The van der Waals surface area contributed by atoms with Crippen LogP contribution < -0.4 is 0 Å². The first-order chi connectivity index (χ1) is 6.45. The van der Waals surface area contributed by atoms with E-state index < -0.39 is 10.00 Å². The molecule has 0 fully saturated rings. The van der Waals surface area contributed by atoms with Gasteiger partial charge >= 0.3 is 0 Å². The molecule has 14 heavy (non-hydrogen) atoms. The zero-order valence-corrected chi connectivity index (χ0v) is 11.0. The Kier molecular flexibility index (Phi) is 5.99. The molecule has 0 N–H and O–H groups in total. The number of alkyl halides is 2. The van der Waals surface area contributed by atoms with Crippen molar-refractivity contribution in [3.63, 3.8) is 0 Å². The quantitative estimate of drug-likeness (QED) is 0.356. The van der Waals surface area contributed by atoms with Crippen molar-refractivity contribution in [3.8, 4) is 0 Å². The fourth-order valence-corrected chi connectivity index (χ4v) is 1.04. The predicted molar refractivity (Wildman–Crippen MR) is 63.2 cm³/mol. The largest absolute Gasteiger partial charge is 0.169 e. The van der Waals surface area contributed by atoms with Gasteiger partial charge in [0, 0.05) is 0 Å². The van der Waals surface area contributed by atoms with E-state index in [2.05, 4.69) is 10.2 Å². The van der Waals surface area contributed by atoms with Crippen molar-refractivity contribution < 1.29 is 0 Å². The summed E-state index contributed by atoms with van der Waals surface area (Å²) in [5, 5.41) is 8.33. The molecular weight excluding hydrogens is 219 g/mol. The highest BCUT2D eigenvalue weighted by molar-refractivity contribution is 6.24. The molecule has 84 valence electrons. The number of hydrogen-bond acceptors (Lipinski definition) is 2. The summed E-state index contributed by atoms with van der Waals surface area (Å²) in [6.07, 6.45) is 3.09. The van der Waals surface area contributed by atoms with Gasteiger partial charge in [0.1, 0.15) is 0 Å². The van der Waals surface area contributed by atoms with Crippen LogP contribution >= 0.6 is 23.2 Å². The first-order valence-corrected chi connectivity index (χ1v) is 6.02. The second kappa shape index (κ2) is 5.92. The van der Waals surface area contributed by atoms with Gasteiger partial charge in [0.05, 0.1) is 0 Å². The number of hydrogen-bond donors (Lipinski definition) is 0. The highest BCUT2D eigenvalue weighted by Gasteiger charge is 2.26. The highest BCUT2D eigenvalue weighted by Crippen LogP contribution is 2.31. The molecule has 0 saturated carbocycles. The normalized spacial score (nSPS) is 13.9. The molecule has 0 aromatic heterocycles. The summed E-state index contributed by atoms with van der Waals surface area (Å²) in [6, 6.07) is 0. The van der Waals surface area contributed by atoms with Crippen LogP contribution in [0, 0.1) is 0 Å². The van der Waals surface area contributed by atoms with Gasteiger partial charge in [-0.05, 0) is 25.7 Å². The van der Waals surface area contributed by atoms with Gasteiger partial charge in [-0.15, -0.1) is 0 Å². The average molecular weight is 239 g/mol. The molecule has 0 unspecified atom stereocenters. The van der Waals surface area contributed by atoms with Gasteiger partial charge in [-0.2, -0.15) is 10.2 Å². The van der Waals surface area contributed by atoms with Gasteiger partial charge in [-0.3, -0.25) is 0 Å². The summed E-state index contributed by atoms with van der Waals surface area (Å²) < 4.78 is 0. The van der Waals surface area contributed by atoms with Crippen LogP contribution in [0.25, 0.3) is 0 Å². The predicted octanol–water partition coefficient (Wildman–Crippen LogP) is 4.95. The van der Waals surface area contributed by atoms with Crippen molar-refractivity contribution in [2.45, 2.75) is 63.4 Å². The summed E-state index contributed by atoms with van der Waals surface area (Å²) in [6.45, 7) is 8.01. The van der Waals surface area contributed by atoms with Gasteiger partial charge < -0.3 is 0 Å². The van der Waals surface area contributed by atoms with E-state index in [1.807, 2.05) is 27.7 Å². The second-order valence-electron chi connectivity index (χ2n) is 3.45. The lowest BCUT2D eigenvalue weighted by atomic mass is 10.1. The fourth-order valence-electron chi connectivity index (χ4n) is 0.962. The van der Waals surface area contributed by atoms with Crippen LogP contribution in [0.1, 0.15) is 53.4 Å². The van der Waals surface area contributed by atoms with Gasteiger partial charge in [0.15, 0.2) is 10.00 Å². The minimum Gasteiger partial charge on any atom is -0.169 e. The SMILES string of the molecule is CCC(Cl)(CC)N=NC(Cl)(CC)CC. The molecule has 0 saturated heterocycles. The van der Waals surface area contributed by atoms with Crippen molar-refractivity contribution >= 4 is 23.2 Å². The maximum Gasteiger partial charge on any atom is 0.154 e. The molecule has 0 aromatic rings. The molecule has 0 radical (unpaired) electrons. The Hall–Kier alpha value is 0.180. The lowest BCUT2D eigenvalue weighted by molar-refractivity contribution is 0.463. The topological polar surface area (TPSA) is 24.7 Å². The zero-order valence-electron chi connectivity index (χ0n) is 9.48. The average Bonchev–Trinajstić information content (AvgIpc) is 2.25. The fraction of sp³-hybridized carbons (Fsp3) is 1.00. The third kappa shape index (κ3) is 4.14. The van der Waals surface area contributed by atoms with E-state index in [4.69, 9.17) is 23.2 Å². The maximum absolute atomic E-state index is 6.21. The molecule has 0 spiro atoms. The molecular formula is C10H20Cl2N2. The molecule has 0 aliphatic heterocycles. The number of halogens is 2. The lowest BCUT2D eigenvalue weighted by Crippen LogP contribution is -2.19. The summed E-state index contributed by atoms with van der Waals surface area (Å²) in [7, 11) is 0. The summed E-state index contributed by atoms with van der Waals surface area (Å²) in [5.41, 5.74) is 0. The molecule has 0 atom stereocenters. The Labute approximate surface area is 97.1 Å². The van der Waals surface area contributed by atoms with E-state index in [1.165, 1.54) is 0 Å². The minimum absolute atomic E-state index is 0.565. The third-order valence-electron chi connectivity index (χ3n) is 2.58. The molecule has 0 aliphatic carbocycles. The first kappa shape index (κ1) is 14.2. The summed E-state index contributed by atoms with van der Waals surface area (Å²) >= 11 is 12.4. The van der Waals surface area contributed by atoms with Crippen molar-refractivity contribution in [3.05, 3.63) is 0 Å². The zero-order chi connectivity index (χ0) is 11.2. The Bertz CT molecular complexity index is 165. The molecule has 2 nitrogen and oxygen atoms in total. The molecule has 0 rings (SSSR count). The Balaban J connectivity index is 4.54. The third-order valence-corrected chi connectivity index (χ3v) is 3.80. The van der Waals surface area contributed by atoms with E-state index >= 15 is 0 Å². The van der Waals surface area contributed by atoms with Crippen LogP contribution in [0.15, 0.2) is 10.2 Å². The van der Waals surface area contributed by atoms with Gasteiger partial charge in [0.25, 0.3) is 0 Å². The maximum atomic E-state index is 6.21. The Morgan fingerprint density at radius 3 is 1.07 bits per heavy atom. The summed E-state index contributed by atoms with van der Waals surface area (Å²) in [4.78, 5) is -1.13. The van der Waals surface area contributed by atoms with E-state index in [0.29, 0.717) is 0 Å². The van der Waals surface area contributed by atoms with Crippen LogP contribution in [-0.4, -0.2) is 10.00 Å². The second-order valence-corrected chi connectivity index (χ2v) is 4.86. The van der Waals surface area contributed by atoms with Crippen LogP contribution in [0.3, 0.4) is 0 Å². The summed E-state index contributed by atoms with van der Waals surface area (Å²) in [5.74, 6) is 0. The van der Waals surface area contributed by atoms with Crippen LogP contribution in [-0.2, 0) is 0 Å². The van der Waals surface area contributed by atoms with Crippen molar-refractivity contribution in [2.24, 2.45) is 10.2 Å². The van der Waals surface area contributed by atoms with Gasteiger partial charge in [0.2, 0.25) is 0 Å². The van der Waals surface area contributed by atoms with Gasteiger partial charge in [-0.1, -0.05) is 50.9 Å². The van der Waals surface area contributed by atoms with Crippen LogP contribution in [0.2, 0.25) is 0 Å². The molecule has 0 aromatic carbocycles. The van der Waals surface area contributed by atoms with Crippen LogP contribution in [0.5, 0.6) is 0 Å². The Morgan fingerprint density at radius 2 is 0.929 bits per heavy atom. The van der Waals surface area contributed by atoms with Crippen molar-refractivity contribution in [2.75, 3.05) is 0 Å². The first-order valence-electron chi connectivity index (χ1n) is 5.27. The molecule has 0 aliphatic rings. The monoisotopic (exact) mass is 238 g/mol. The van der Waals surface area contributed by atoms with Crippen molar-refractivity contribution in [1.29, 1.82) is 0 Å². The van der Waals surface area contributed by atoms with E-state index in [9.17, 15) is 0 Å². The van der Waals surface area contributed by atoms with E-state index in [1.54, 1.807) is 0 Å². The number of azo groups is 1. The smallest absolute Gasteiger partial charge is 0.154 e. The molecule has 0 heterocycles. The van der Waals surface area contributed by atoms with E-state index in [0.717, 1.165) is 25.7 Å². The Morgan fingerprint density at radius 1 is 0.714 bits per heavy atom. The standard InChI is InChI=1S/C10H20Cl2N2/c1-5-9(11,6-2)13-14-10(12,7-3)8-4/h5-8H2,1-4H3. The lowest BCUT2D eigenvalue weighted by Gasteiger charge is -2.21. The number of nitrogens with zero attached hydrogens (tertiary/aromatic N) is 2. The number of rotatable bonds is 6. The van der Waals surface area contributed by atoms with Crippen LogP contribution in [0.4, 0.5) is 0 Å². The molecule has 0 amide bonds. The van der Waals surface area contributed by atoms with Crippen molar-refractivity contribution in [1.82, 2.24) is 0 Å². The highest BCUT2D eigenvalue weighted by atomic mass is 35.5.